The van der Waals surface area contributed by atoms with Crippen LogP contribution in [0.2, 0.25) is 0 Å². The summed E-state index contributed by atoms with van der Waals surface area (Å²) in [5.41, 5.74) is 0.851. The molecule has 348 valence electrons. The van der Waals surface area contributed by atoms with Gasteiger partial charge in [-0.2, -0.15) is 0 Å². The van der Waals surface area contributed by atoms with E-state index < -0.39 is 22.7 Å². The highest BCUT2D eigenvalue weighted by molar-refractivity contribution is 8.76. The summed E-state index contributed by atoms with van der Waals surface area (Å²) >= 11 is 0. The van der Waals surface area contributed by atoms with Crippen molar-refractivity contribution >= 4 is 45.3 Å². The predicted molar refractivity (Wildman–Crippen MR) is 255 cm³/mol. The molecule has 2 aromatic carbocycles. The molecule has 0 amide bonds. The number of hydrogen-bond acceptors (Lipinski definition) is 12. The van der Waals surface area contributed by atoms with Gasteiger partial charge >= 0.3 is 0 Å². The summed E-state index contributed by atoms with van der Waals surface area (Å²) in [5, 5.41) is 43.3. The van der Waals surface area contributed by atoms with Crippen LogP contribution >= 0.6 is 21.6 Å². The molecule has 6 rings (SSSR count). The number of phenolic OH excluding ortho intramolecular Hbond substituents is 2. The number of aliphatic hydroxyl groups is 1. The van der Waals surface area contributed by atoms with Crippen molar-refractivity contribution in [3.63, 3.8) is 0 Å². The number of likely N-dealkylation sites (N-methyl/N-ethyl adjacent to an activating group) is 1. The third kappa shape index (κ3) is 11.5. The maximum Gasteiger partial charge on any atom is 0.196 e. The average Bonchev–Trinajstić information content (AvgIpc) is 4.04. The Bertz CT molecular complexity index is 1910. The van der Waals surface area contributed by atoms with Crippen LogP contribution in [0.15, 0.2) is 47.5 Å². The first-order chi connectivity index (χ1) is 30.5. The number of ketones is 1. The van der Waals surface area contributed by atoms with E-state index in [1.807, 2.05) is 25.3 Å². The maximum atomic E-state index is 15.2. The average molecular weight is 909 g/mol. The second kappa shape index (κ2) is 22.7. The molecule has 7 atom stereocenters. The third-order valence-corrected chi connectivity index (χ3v) is 17.1. The van der Waals surface area contributed by atoms with Crippen LogP contribution in [0.5, 0.6) is 23.0 Å². The number of nitrogens with one attached hydrogen (secondary N) is 3. The molecule has 0 aromatic heterocycles. The van der Waals surface area contributed by atoms with E-state index in [9.17, 15) is 20.1 Å². The van der Waals surface area contributed by atoms with Gasteiger partial charge in [0.1, 0.15) is 11.9 Å². The van der Waals surface area contributed by atoms with Crippen LogP contribution in [0.1, 0.15) is 114 Å². The van der Waals surface area contributed by atoms with Gasteiger partial charge < -0.3 is 50.3 Å². The number of aliphatic imine (C=N–C) groups is 1. The van der Waals surface area contributed by atoms with Crippen molar-refractivity contribution in [1.82, 2.24) is 10.6 Å². The summed E-state index contributed by atoms with van der Waals surface area (Å²) in [6.45, 7) is 2.70. The molecule has 12 nitrogen and oxygen atoms in total. The molecular weight excluding hydrogens is 837 g/mol. The van der Waals surface area contributed by atoms with Crippen molar-refractivity contribution in [2.45, 2.75) is 127 Å². The molecule has 0 unspecified atom stereocenters. The number of phenols is 2. The number of nitrogens with zero attached hydrogens (tertiary/aromatic N) is 1. The van der Waals surface area contributed by atoms with E-state index in [2.05, 4.69) is 46.1 Å². The van der Waals surface area contributed by atoms with Crippen LogP contribution in [0.4, 0.5) is 5.69 Å². The van der Waals surface area contributed by atoms with Crippen LogP contribution in [-0.4, -0.2) is 91.7 Å². The van der Waals surface area contributed by atoms with Crippen LogP contribution in [0.3, 0.4) is 0 Å². The van der Waals surface area contributed by atoms with Gasteiger partial charge in [0.25, 0.3) is 0 Å². The fraction of sp³-hybridized carbons (Fsp3) is 0.653. The molecular formula is C49H72N4O8S2. The number of anilines is 1. The quantitative estimate of drug-likeness (QED) is 0.0409. The molecule has 1 aliphatic heterocycles. The Morgan fingerprint density at radius 1 is 1.05 bits per heavy atom. The first-order valence-electron chi connectivity index (χ1n) is 23.1. The van der Waals surface area contributed by atoms with Crippen LogP contribution in [0, 0.1) is 29.1 Å². The van der Waals surface area contributed by atoms with Crippen molar-refractivity contribution in [2.75, 3.05) is 51.8 Å². The van der Waals surface area contributed by atoms with E-state index in [-0.39, 0.29) is 41.0 Å². The third-order valence-electron chi connectivity index (χ3n) is 14.9. The van der Waals surface area contributed by atoms with Crippen molar-refractivity contribution in [1.29, 1.82) is 0 Å². The van der Waals surface area contributed by atoms with E-state index in [1.54, 1.807) is 41.8 Å². The molecule has 1 spiro atoms. The number of guanidine groups is 1. The number of benzene rings is 2. The topological polar surface area (TPSA) is 171 Å². The molecule has 6 N–H and O–H groups in total. The van der Waals surface area contributed by atoms with Gasteiger partial charge in [0.2, 0.25) is 0 Å². The monoisotopic (exact) mass is 908 g/mol. The Kier molecular flexibility index (Phi) is 17.6. The molecule has 0 radical (unpaired) electrons. The molecule has 63 heavy (non-hydrogen) atoms. The minimum Gasteiger partial charge on any atom is -0.504 e. The Morgan fingerprint density at radius 3 is 2.57 bits per heavy atom. The second-order valence-corrected chi connectivity index (χ2v) is 21.0. The lowest BCUT2D eigenvalue weighted by molar-refractivity contribution is -0.125. The van der Waals surface area contributed by atoms with Crippen molar-refractivity contribution in [3.05, 3.63) is 53.6 Å². The molecule has 1 heterocycles. The fourth-order valence-electron chi connectivity index (χ4n) is 11.3. The van der Waals surface area contributed by atoms with Gasteiger partial charge in [0, 0.05) is 50.1 Å². The number of aromatic hydroxyl groups is 2. The summed E-state index contributed by atoms with van der Waals surface area (Å²) in [4.78, 5) is 31.6. The van der Waals surface area contributed by atoms with Gasteiger partial charge in [-0.15, -0.1) is 0 Å². The number of allylic oxidation sites excluding steroid dienone is 2. The molecule has 3 fully saturated rings. The van der Waals surface area contributed by atoms with Crippen molar-refractivity contribution in [3.8, 4) is 23.0 Å². The number of aliphatic hydroxyl groups excluding tert-OH is 1. The fourth-order valence-corrected chi connectivity index (χ4v) is 13.6. The summed E-state index contributed by atoms with van der Waals surface area (Å²) < 4.78 is 17.8. The Labute approximate surface area is 383 Å². The van der Waals surface area contributed by atoms with E-state index >= 15 is 4.79 Å². The molecule has 3 aliphatic carbocycles. The Hall–Kier alpha value is -3.43. The highest BCUT2D eigenvalue weighted by atomic mass is 33.1. The largest absolute Gasteiger partial charge is 0.504 e. The number of rotatable bonds is 16. The number of methoxy groups -OCH3 is 2. The molecule has 0 saturated heterocycles. The highest BCUT2D eigenvalue weighted by Crippen LogP contribution is 2.55. The first kappa shape index (κ1) is 49.0. The lowest BCUT2D eigenvalue weighted by Crippen LogP contribution is -2.43. The van der Waals surface area contributed by atoms with Gasteiger partial charge in [0.15, 0.2) is 41.0 Å². The normalized spacial score (nSPS) is 28.4. The Balaban J connectivity index is 1.48. The number of aldehydes is 1. The first-order valence-corrected chi connectivity index (χ1v) is 25.6. The SMILES string of the molecule is CC[C@@H](CC=O)CC[C@@H]1/C=C/C(=O)[C@@]2(Cc3ccc(O)c(OC)c3)CCC[C@H]2CSSCNC(=NC)Nc2cc(cc(O[C@]3(CNC)CC[C@H](C[C@H](O)OC)C3)c2O)C12CCCC2. The zero-order valence-corrected chi connectivity index (χ0v) is 39.7. The van der Waals surface area contributed by atoms with Gasteiger partial charge in [-0.05, 0) is 136 Å². The van der Waals surface area contributed by atoms with E-state index in [0.717, 1.165) is 100 Å². The minimum atomic E-state index is -0.850. The summed E-state index contributed by atoms with van der Waals surface area (Å²) in [6, 6.07) is 9.56. The molecule has 3 saturated carbocycles. The summed E-state index contributed by atoms with van der Waals surface area (Å²) in [5.74, 6) is 3.40. The van der Waals surface area contributed by atoms with Gasteiger partial charge in [-0.1, -0.05) is 66.3 Å². The number of carbonyl (C=O) groups is 2. The molecule has 2 bridgehead atoms. The van der Waals surface area contributed by atoms with Gasteiger partial charge in [0.05, 0.1) is 18.7 Å². The van der Waals surface area contributed by atoms with Gasteiger partial charge in [-0.3, -0.25) is 9.79 Å². The number of ether oxygens (including phenoxy) is 3. The Morgan fingerprint density at radius 2 is 1.86 bits per heavy atom. The summed E-state index contributed by atoms with van der Waals surface area (Å²) in [6.07, 6.45) is 17.2. The molecule has 14 heteroatoms. The number of hydrogen-bond donors (Lipinski definition) is 6. The molecule has 4 aliphatic rings. The highest BCUT2D eigenvalue weighted by Gasteiger charge is 2.49. The van der Waals surface area contributed by atoms with Crippen LogP contribution < -0.4 is 25.4 Å². The second-order valence-electron chi connectivity index (χ2n) is 18.5. The zero-order chi connectivity index (χ0) is 45.0. The van der Waals surface area contributed by atoms with Crippen LogP contribution in [0.25, 0.3) is 0 Å². The lowest BCUT2D eigenvalue weighted by atomic mass is 9.65. The maximum absolute atomic E-state index is 15.2. The summed E-state index contributed by atoms with van der Waals surface area (Å²) in [7, 11) is 10.1. The zero-order valence-electron chi connectivity index (χ0n) is 38.1. The smallest absolute Gasteiger partial charge is 0.196 e. The van der Waals surface area contributed by atoms with Gasteiger partial charge in [-0.25, -0.2) is 0 Å². The van der Waals surface area contributed by atoms with E-state index in [1.165, 1.54) is 7.11 Å². The van der Waals surface area contributed by atoms with E-state index in [4.69, 9.17) is 14.2 Å². The lowest BCUT2D eigenvalue weighted by Gasteiger charge is -2.39. The van der Waals surface area contributed by atoms with Crippen molar-refractivity contribution in [2.24, 2.45) is 34.1 Å². The standard InChI is InChI=1S/C49H72N4O8S2/c1-6-33(18-23-54)11-13-36-14-16-43(56)49(29-34-12-15-40(55)41(24-34)59-4)21-9-10-37(49)30-62-63-32-52-46(51-3)53-39-26-38(48(36)19-7-8-20-48)27-42(45(39)58)61-47(31-50-2)22-17-35(28-47)25-44(57)60-5/h12,14-16,23-24,26-27,33,35-37,44,50,55,57-58H,6-11,13,17-22,25,28-32H2,1-5H3,(H2,51,52,53)/b16-14+/t33-,35-,36-,37+,44-,47-,49-/m1/s1. The molecule has 2 aromatic rings. The van der Waals surface area contributed by atoms with E-state index in [0.29, 0.717) is 61.3 Å². The predicted octanol–water partition coefficient (Wildman–Crippen LogP) is 8.92. The van der Waals surface area contributed by atoms with Crippen molar-refractivity contribution < 1.29 is 39.1 Å². The number of carbonyl (C=O) groups excluding carboxylic acids is 2. The van der Waals surface area contributed by atoms with Crippen LogP contribution in [-0.2, 0) is 26.2 Å². The number of fused-ring (bicyclic) bond motifs is 4. The minimum absolute atomic E-state index is 0.00516.